The number of hydrogen-bond donors (Lipinski definition) is 1. The Labute approximate surface area is 115 Å². The molecule has 1 aliphatic heterocycles. The highest BCUT2D eigenvalue weighted by Gasteiger charge is 2.33. The molecule has 4 nitrogen and oxygen atoms in total. The highest BCUT2D eigenvalue weighted by molar-refractivity contribution is 7.89. The molecule has 0 bridgehead atoms. The molecule has 5 heteroatoms. The molecule has 1 fully saturated rings. The topological polar surface area (TPSA) is 49.4 Å². The smallest absolute Gasteiger partial charge is 0.245 e. The molecule has 0 unspecified atom stereocenters. The Hall–Kier alpha value is -1.07. The largest absolute Gasteiger partial charge is 0.387 e. The molecule has 0 atom stereocenters. The standard InChI is InChI=1S/C14H22N2O2S/c1-14(2)8-10-16(11-9-14)19(17,18)13-7-5-4-6-12(13)15-3/h4-7,15H,8-11H2,1-3H3. The van der Waals surface area contributed by atoms with Crippen molar-refractivity contribution >= 4 is 15.7 Å². The molecule has 1 aliphatic rings. The first-order valence-corrected chi connectivity index (χ1v) is 8.08. The van der Waals surface area contributed by atoms with Gasteiger partial charge in [-0.2, -0.15) is 4.31 Å². The van der Waals surface area contributed by atoms with Crippen LogP contribution in [0.5, 0.6) is 0 Å². The quantitative estimate of drug-likeness (QED) is 0.927. The third-order valence-corrected chi connectivity index (χ3v) is 5.81. The van der Waals surface area contributed by atoms with Crippen molar-refractivity contribution in [3.63, 3.8) is 0 Å². The molecule has 2 rings (SSSR count). The van der Waals surface area contributed by atoms with Gasteiger partial charge in [-0.15, -0.1) is 0 Å². The maximum Gasteiger partial charge on any atom is 0.245 e. The predicted molar refractivity (Wildman–Crippen MR) is 77.8 cm³/mol. The summed E-state index contributed by atoms with van der Waals surface area (Å²) in [5, 5.41) is 2.95. The van der Waals surface area contributed by atoms with Crippen molar-refractivity contribution in [1.29, 1.82) is 0 Å². The summed E-state index contributed by atoms with van der Waals surface area (Å²) in [5.74, 6) is 0. The zero-order valence-corrected chi connectivity index (χ0v) is 12.6. The van der Waals surface area contributed by atoms with E-state index in [9.17, 15) is 8.42 Å². The van der Waals surface area contributed by atoms with Crippen molar-refractivity contribution in [2.24, 2.45) is 5.41 Å². The van der Waals surface area contributed by atoms with Gasteiger partial charge in [0.05, 0.1) is 5.69 Å². The number of nitrogens with zero attached hydrogens (tertiary/aromatic N) is 1. The van der Waals surface area contributed by atoms with Crippen LogP contribution >= 0.6 is 0 Å². The van der Waals surface area contributed by atoms with E-state index in [1.165, 1.54) is 0 Å². The lowest BCUT2D eigenvalue weighted by atomic mass is 9.83. The summed E-state index contributed by atoms with van der Waals surface area (Å²) < 4.78 is 26.9. The van der Waals surface area contributed by atoms with Gasteiger partial charge in [-0.3, -0.25) is 0 Å². The van der Waals surface area contributed by atoms with Crippen molar-refractivity contribution in [3.05, 3.63) is 24.3 Å². The zero-order valence-electron chi connectivity index (χ0n) is 11.8. The number of nitrogens with one attached hydrogen (secondary N) is 1. The summed E-state index contributed by atoms with van der Waals surface area (Å²) in [6.45, 7) is 5.60. The van der Waals surface area contributed by atoms with E-state index in [1.54, 1.807) is 29.6 Å². The van der Waals surface area contributed by atoms with E-state index in [4.69, 9.17) is 0 Å². The maximum absolute atomic E-state index is 12.7. The molecule has 1 aromatic rings. The van der Waals surface area contributed by atoms with Gasteiger partial charge in [-0.05, 0) is 30.4 Å². The Morgan fingerprint density at radius 2 is 1.74 bits per heavy atom. The monoisotopic (exact) mass is 282 g/mol. The van der Waals surface area contributed by atoms with Crippen LogP contribution in [-0.2, 0) is 10.0 Å². The first-order valence-electron chi connectivity index (χ1n) is 6.64. The van der Waals surface area contributed by atoms with Crippen molar-refractivity contribution in [2.45, 2.75) is 31.6 Å². The molecule has 1 N–H and O–H groups in total. The molecule has 19 heavy (non-hydrogen) atoms. The van der Waals surface area contributed by atoms with Crippen LogP contribution in [0.1, 0.15) is 26.7 Å². The second kappa shape index (κ2) is 5.13. The highest BCUT2D eigenvalue weighted by atomic mass is 32.2. The van der Waals surface area contributed by atoms with Crippen molar-refractivity contribution < 1.29 is 8.42 Å². The molecule has 1 heterocycles. The summed E-state index contributed by atoms with van der Waals surface area (Å²) >= 11 is 0. The van der Waals surface area contributed by atoms with Crippen LogP contribution in [-0.4, -0.2) is 32.9 Å². The number of benzene rings is 1. The van der Waals surface area contributed by atoms with E-state index in [2.05, 4.69) is 19.2 Å². The molecule has 0 aliphatic carbocycles. The highest BCUT2D eigenvalue weighted by Crippen LogP contribution is 2.33. The maximum atomic E-state index is 12.7. The fraction of sp³-hybridized carbons (Fsp3) is 0.571. The first kappa shape index (κ1) is 14.3. The molecule has 1 aromatic carbocycles. The molecule has 0 amide bonds. The lowest BCUT2D eigenvalue weighted by Gasteiger charge is -2.36. The fourth-order valence-corrected chi connectivity index (χ4v) is 4.01. The van der Waals surface area contributed by atoms with Gasteiger partial charge >= 0.3 is 0 Å². The van der Waals surface area contributed by atoms with Crippen molar-refractivity contribution in [1.82, 2.24) is 4.31 Å². The summed E-state index contributed by atoms with van der Waals surface area (Å²) in [5.41, 5.74) is 0.904. The number of para-hydroxylation sites is 1. The normalized spacial score (nSPS) is 20.2. The van der Waals surface area contributed by atoms with Crippen LogP contribution in [0.2, 0.25) is 0 Å². The Kier molecular flexibility index (Phi) is 3.87. The predicted octanol–water partition coefficient (Wildman–Crippen LogP) is 2.54. The molecular weight excluding hydrogens is 260 g/mol. The average molecular weight is 282 g/mol. The van der Waals surface area contributed by atoms with E-state index in [1.807, 2.05) is 6.07 Å². The van der Waals surface area contributed by atoms with Gasteiger partial charge in [0.1, 0.15) is 4.90 Å². The van der Waals surface area contributed by atoms with Gasteiger partial charge in [0.2, 0.25) is 10.0 Å². The minimum Gasteiger partial charge on any atom is -0.387 e. The molecule has 0 radical (unpaired) electrons. The molecule has 106 valence electrons. The Morgan fingerprint density at radius 3 is 2.32 bits per heavy atom. The van der Waals surface area contributed by atoms with E-state index in [0.717, 1.165) is 12.8 Å². The van der Waals surface area contributed by atoms with Gasteiger partial charge in [-0.1, -0.05) is 26.0 Å². The lowest BCUT2D eigenvalue weighted by Crippen LogP contribution is -2.41. The lowest BCUT2D eigenvalue weighted by molar-refractivity contribution is 0.196. The first-order chi connectivity index (χ1) is 8.87. The van der Waals surface area contributed by atoms with Gasteiger partial charge in [0.25, 0.3) is 0 Å². The number of hydrogen-bond acceptors (Lipinski definition) is 3. The van der Waals surface area contributed by atoms with Gasteiger partial charge in [0, 0.05) is 20.1 Å². The summed E-state index contributed by atoms with van der Waals surface area (Å²) in [6.07, 6.45) is 1.82. The third-order valence-electron chi connectivity index (χ3n) is 3.85. The Morgan fingerprint density at radius 1 is 1.16 bits per heavy atom. The number of anilines is 1. The fourth-order valence-electron chi connectivity index (χ4n) is 2.37. The van der Waals surface area contributed by atoms with Crippen molar-refractivity contribution in [2.75, 3.05) is 25.5 Å². The van der Waals surface area contributed by atoms with Crippen molar-refractivity contribution in [3.8, 4) is 0 Å². The van der Waals surface area contributed by atoms with Crippen LogP contribution in [0.25, 0.3) is 0 Å². The van der Waals surface area contributed by atoms with E-state index >= 15 is 0 Å². The average Bonchev–Trinajstić information content (AvgIpc) is 2.38. The zero-order chi connectivity index (χ0) is 14.1. The SMILES string of the molecule is CNc1ccccc1S(=O)(=O)N1CCC(C)(C)CC1. The Bertz CT molecular complexity index is 542. The number of sulfonamides is 1. The van der Waals surface area contributed by atoms with E-state index < -0.39 is 10.0 Å². The second-order valence-corrected chi connectivity index (χ2v) is 7.72. The van der Waals surface area contributed by atoms with E-state index in [0.29, 0.717) is 23.7 Å². The van der Waals surface area contributed by atoms with Crippen LogP contribution in [0, 0.1) is 5.41 Å². The molecule has 1 saturated heterocycles. The van der Waals surface area contributed by atoms with Gasteiger partial charge < -0.3 is 5.32 Å². The summed E-state index contributed by atoms with van der Waals surface area (Å²) in [6, 6.07) is 7.06. The van der Waals surface area contributed by atoms with Crippen LogP contribution < -0.4 is 5.32 Å². The molecular formula is C14H22N2O2S. The molecule has 0 saturated carbocycles. The third kappa shape index (κ3) is 2.92. The van der Waals surface area contributed by atoms with Crippen LogP contribution in [0.4, 0.5) is 5.69 Å². The molecule has 0 aromatic heterocycles. The summed E-state index contributed by atoms with van der Waals surface area (Å²) in [7, 11) is -1.64. The minimum absolute atomic E-state index is 0.245. The molecule has 0 spiro atoms. The summed E-state index contributed by atoms with van der Waals surface area (Å²) in [4.78, 5) is 0.372. The minimum atomic E-state index is -3.38. The van der Waals surface area contributed by atoms with Crippen LogP contribution in [0.3, 0.4) is 0 Å². The van der Waals surface area contributed by atoms with Gasteiger partial charge in [-0.25, -0.2) is 8.42 Å². The number of piperidine rings is 1. The van der Waals surface area contributed by atoms with Crippen LogP contribution in [0.15, 0.2) is 29.2 Å². The Balaban J connectivity index is 2.28. The van der Waals surface area contributed by atoms with Gasteiger partial charge in [0.15, 0.2) is 0 Å². The second-order valence-electron chi connectivity index (χ2n) is 5.81. The van der Waals surface area contributed by atoms with E-state index in [-0.39, 0.29) is 5.41 Å². The number of rotatable bonds is 3.